The highest BCUT2D eigenvalue weighted by molar-refractivity contribution is 5.98. The fraction of sp³-hybridized carbons (Fsp3) is 0.200. The maximum Gasteiger partial charge on any atom is 0.269 e. The maximum atomic E-state index is 12.0. The van der Waals surface area contributed by atoms with Gasteiger partial charge in [-0.3, -0.25) is 20.4 Å². The van der Waals surface area contributed by atoms with E-state index in [4.69, 9.17) is 4.74 Å². The Hall–Kier alpha value is -3.08. The summed E-state index contributed by atoms with van der Waals surface area (Å²) in [6.45, 7) is 4.01. The third kappa shape index (κ3) is 5.21. The predicted octanol–water partition coefficient (Wildman–Crippen LogP) is 3.04. The summed E-state index contributed by atoms with van der Waals surface area (Å²) in [6.07, 6.45) is 3.90. The molecule has 5 heteroatoms. The molecule has 0 fully saturated rings. The molecule has 0 aliphatic carbocycles. The van der Waals surface area contributed by atoms with Crippen LogP contribution >= 0.6 is 0 Å². The van der Waals surface area contributed by atoms with Gasteiger partial charge in [0.2, 0.25) is 0 Å². The molecule has 0 saturated heterocycles. The average Bonchev–Trinajstić information content (AvgIpc) is 2.64. The SMILES string of the molecule is CCc1ccc(C(=O)NNC(=O)/C=C/c2cc(C)ccc2OC)cc1. The molecule has 0 aliphatic rings. The van der Waals surface area contributed by atoms with E-state index < -0.39 is 5.91 Å². The van der Waals surface area contributed by atoms with Crippen molar-refractivity contribution >= 4 is 17.9 Å². The summed E-state index contributed by atoms with van der Waals surface area (Å²) < 4.78 is 5.25. The predicted molar refractivity (Wildman–Crippen MR) is 98.2 cm³/mol. The van der Waals surface area contributed by atoms with Crippen LogP contribution in [0.1, 0.15) is 34.0 Å². The maximum absolute atomic E-state index is 12.0. The molecule has 0 unspecified atom stereocenters. The van der Waals surface area contributed by atoms with Crippen molar-refractivity contribution in [3.63, 3.8) is 0 Å². The zero-order valence-electron chi connectivity index (χ0n) is 14.6. The van der Waals surface area contributed by atoms with Crippen molar-refractivity contribution < 1.29 is 14.3 Å². The number of hydrazine groups is 1. The first-order chi connectivity index (χ1) is 12.0. The third-order valence-electron chi connectivity index (χ3n) is 3.72. The van der Waals surface area contributed by atoms with Gasteiger partial charge in [-0.1, -0.05) is 30.7 Å². The van der Waals surface area contributed by atoms with Gasteiger partial charge < -0.3 is 4.74 Å². The van der Waals surface area contributed by atoms with Crippen LogP contribution < -0.4 is 15.6 Å². The molecule has 0 atom stereocenters. The van der Waals surface area contributed by atoms with E-state index in [2.05, 4.69) is 10.9 Å². The monoisotopic (exact) mass is 338 g/mol. The second-order valence-electron chi connectivity index (χ2n) is 5.57. The van der Waals surface area contributed by atoms with Crippen molar-refractivity contribution in [1.29, 1.82) is 0 Å². The fourth-order valence-corrected chi connectivity index (χ4v) is 2.27. The lowest BCUT2D eigenvalue weighted by Gasteiger charge is -2.07. The van der Waals surface area contributed by atoms with Gasteiger partial charge >= 0.3 is 0 Å². The molecule has 0 aromatic heterocycles. The molecule has 2 rings (SSSR count). The highest BCUT2D eigenvalue weighted by atomic mass is 16.5. The number of methoxy groups -OCH3 is 1. The van der Waals surface area contributed by atoms with E-state index in [-0.39, 0.29) is 5.91 Å². The summed E-state index contributed by atoms with van der Waals surface area (Å²) in [4.78, 5) is 23.9. The Morgan fingerprint density at radius 3 is 2.44 bits per heavy atom. The van der Waals surface area contributed by atoms with Gasteiger partial charge in [0.25, 0.3) is 11.8 Å². The molecule has 0 saturated carbocycles. The Bertz CT molecular complexity index is 780. The van der Waals surface area contributed by atoms with Gasteiger partial charge in [0.1, 0.15) is 5.75 Å². The minimum atomic E-state index is -0.429. The summed E-state index contributed by atoms with van der Waals surface area (Å²) >= 11 is 0. The first-order valence-corrected chi connectivity index (χ1v) is 8.05. The van der Waals surface area contributed by atoms with Gasteiger partial charge in [-0.15, -0.1) is 0 Å². The Morgan fingerprint density at radius 1 is 1.08 bits per heavy atom. The van der Waals surface area contributed by atoms with Crippen LogP contribution in [0.15, 0.2) is 48.5 Å². The van der Waals surface area contributed by atoms with Crippen LogP contribution in [0.5, 0.6) is 5.75 Å². The number of hydrogen-bond acceptors (Lipinski definition) is 3. The number of carbonyl (C=O) groups is 2. The number of hydrogen-bond donors (Lipinski definition) is 2. The molecule has 2 amide bonds. The highest BCUT2D eigenvalue weighted by Gasteiger charge is 2.06. The van der Waals surface area contributed by atoms with Crippen molar-refractivity contribution in [1.82, 2.24) is 10.9 Å². The average molecular weight is 338 g/mol. The van der Waals surface area contributed by atoms with Crippen LogP contribution in [0.25, 0.3) is 6.08 Å². The van der Waals surface area contributed by atoms with Gasteiger partial charge in [-0.05, 0) is 49.2 Å². The summed E-state index contributed by atoms with van der Waals surface area (Å²) in [6, 6.07) is 12.9. The molecule has 25 heavy (non-hydrogen) atoms. The molecule has 2 aromatic carbocycles. The molecule has 130 valence electrons. The Kier molecular flexibility index (Phi) is 6.34. The number of rotatable bonds is 5. The Labute approximate surface area is 147 Å². The zero-order chi connectivity index (χ0) is 18.2. The molecule has 0 bridgehead atoms. The lowest BCUT2D eigenvalue weighted by atomic mass is 10.1. The zero-order valence-corrected chi connectivity index (χ0v) is 14.6. The second-order valence-corrected chi connectivity index (χ2v) is 5.57. The van der Waals surface area contributed by atoms with E-state index in [9.17, 15) is 9.59 Å². The number of amides is 2. The second kappa shape index (κ2) is 8.68. The van der Waals surface area contributed by atoms with Crippen molar-refractivity contribution in [2.75, 3.05) is 7.11 Å². The summed E-state index contributed by atoms with van der Waals surface area (Å²) in [5.74, 6) is -0.116. The first kappa shape index (κ1) is 18.3. The van der Waals surface area contributed by atoms with E-state index in [0.717, 1.165) is 23.1 Å². The number of ether oxygens (including phenoxy) is 1. The molecule has 0 aliphatic heterocycles. The molecule has 0 spiro atoms. The van der Waals surface area contributed by atoms with Gasteiger partial charge in [-0.25, -0.2) is 0 Å². The van der Waals surface area contributed by atoms with E-state index in [1.54, 1.807) is 25.3 Å². The van der Waals surface area contributed by atoms with E-state index in [1.807, 2.05) is 44.2 Å². The van der Waals surface area contributed by atoms with Gasteiger partial charge in [0.05, 0.1) is 7.11 Å². The van der Waals surface area contributed by atoms with Crippen LogP contribution in [0, 0.1) is 6.92 Å². The topological polar surface area (TPSA) is 67.4 Å². The number of carbonyl (C=O) groups excluding carboxylic acids is 2. The lowest BCUT2D eigenvalue weighted by Crippen LogP contribution is -2.40. The van der Waals surface area contributed by atoms with Crippen molar-refractivity contribution in [3.8, 4) is 5.75 Å². The molecule has 0 radical (unpaired) electrons. The number of nitrogens with one attached hydrogen (secondary N) is 2. The molecule has 2 aromatic rings. The van der Waals surface area contributed by atoms with Crippen molar-refractivity contribution in [2.24, 2.45) is 0 Å². The summed E-state index contributed by atoms with van der Waals surface area (Å²) in [7, 11) is 1.58. The summed E-state index contributed by atoms with van der Waals surface area (Å²) in [5.41, 5.74) is 8.24. The Morgan fingerprint density at radius 2 is 1.80 bits per heavy atom. The molecule has 2 N–H and O–H groups in total. The highest BCUT2D eigenvalue weighted by Crippen LogP contribution is 2.20. The van der Waals surface area contributed by atoms with Crippen LogP contribution in [-0.4, -0.2) is 18.9 Å². The van der Waals surface area contributed by atoms with Crippen LogP contribution in [0.4, 0.5) is 0 Å². The molecule has 0 heterocycles. The Balaban J connectivity index is 1.93. The third-order valence-corrected chi connectivity index (χ3v) is 3.72. The molecular formula is C20H22N2O3. The van der Waals surface area contributed by atoms with E-state index >= 15 is 0 Å². The summed E-state index contributed by atoms with van der Waals surface area (Å²) in [5, 5.41) is 0. The lowest BCUT2D eigenvalue weighted by molar-refractivity contribution is -0.117. The fourth-order valence-electron chi connectivity index (χ4n) is 2.27. The molecular weight excluding hydrogens is 316 g/mol. The minimum Gasteiger partial charge on any atom is -0.496 e. The minimum absolute atomic E-state index is 0.363. The van der Waals surface area contributed by atoms with E-state index in [0.29, 0.717) is 11.3 Å². The van der Waals surface area contributed by atoms with Crippen LogP contribution in [-0.2, 0) is 11.2 Å². The first-order valence-electron chi connectivity index (χ1n) is 8.05. The smallest absolute Gasteiger partial charge is 0.269 e. The van der Waals surface area contributed by atoms with Gasteiger partial charge in [0, 0.05) is 17.2 Å². The van der Waals surface area contributed by atoms with Crippen molar-refractivity contribution in [2.45, 2.75) is 20.3 Å². The normalized spacial score (nSPS) is 10.5. The largest absolute Gasteiger partial charge is 0.496 e. The van der Waals surface area contributed by atoms with Crippen LogP contribution in [0.3, 0.4) is 0 Å². The standard InChI is InChI=1S/C20H22N2O3/c1-4-15-6-8-16(9-7-15)20(24)22-21-19(23)12-10-17-13-14(2)5-11-18(17)25-3/h5-13H,4H2,1-3H3,(H,21,23)(H,22,24)/b12-10+. The number of aryl methyl sites for hydroxylation is 2. The quantitative estimate of drug-likeness (QED) is 0.650. The van der Waals surface area contributed by atoms with Gasteiger partial charge in [-0.2, -0.15) is 0 Å². The molecule has 5 nitrogen and oxygen atoms in total. The number of benzene rings is 2. The van der Waals surface area contributed by atoms with Crippen LogP contribution in [0.2, 0.25) is 0 Å². The van der Waals surface area contributed by atoms with Crippen molar-refractivity contribution in [3.05, 3.63) is 70.8 Å². The van der Waals surface area contributed by atoms with Gasteiger partial charge in [0.15, 0.2) is 0 Å². The van der Waals surface area contributed by atoms with E-state index in [1.165, 1.54) is 6.08 Å².